The van der Waals surface area contributed by atoms with Crippen molar-refractivity contribution in [3.05, 3.63) is 70.0 Å². The molecule has 2 N–H and O–H groups in total. The third kappa shape index (κ3) is 15.0. The van der Waals surface area contributed by atoms with Crippen LogP contribution in [-0.4, -0.2) is 39.7 Å². The van der Waals surface area contributed by atoms with Gasteiger partial charge in [-0.1, -0.05) is 29.8 Å². The monoisotopic (exact) mass is 429 g/mol. The maximum Gasteiger partial charge on any atom is 0.386 e. The Hall–Kier alpha value is -3.01. The Morgan fingerprint density at radius 2 is 1.57 bits per heavy atom. The number of nitrogens with one attached hydrogen (secondary N) is 1. The number of carbonyl (C=O) groups is 1. The summed E-state index contributed by atoms with van der Waals surface area (Å²) in [4.78, 5) is 24.3. The first-order chi connectivity index (χ1) is 13.7. The number of nitro groups is 1. The standard InChI is InChI=1S/C17H20N2O2.C2H3F3.CH3NO2/c1-13-3-5-14(6-4-13)7-10-17(2,21)16(20)19-15-8-11-18-12-9-15;1-2(3,4)5;1-2(3)4/h3-6,8-9,11-12,21H,7,10H2,1-2H3,(H,18,19,20);1H3;1H3. The van der Waals surface area contributed by atoms with Crippen molar-refractivity contribution < 1.29 is 28.0 Å². The van der Waals surface area contributed by atoms with E-state index in [4.69, 9.17) is 10.1 Å². The molecule has 0 saturated carbocycles. The maximum absolute atomic E-state index is 12.1. The van der Waals surface area contributed by atoms with Gasteiger partial charge in [0.05, 0.1) is 0 Å². The highest BCUT2D eigenvalue weighted by Gasteiger charge is 2.29. The molecule has 1 unspecified atom stereocenters. The predicted octanol–water partition coefficient (Wildman–Crippen LogP) is 4.17. The van der Waals surface area contributed by atoms with Gasteiger partial charge in [0.25, 0.3) is 5.91 Å². The smallest absolute Gasteiger partial charge is 0.380 e. The average Bonchev–Trinajstić information content (AvgIpc) is 2.60. The first-order valence-corrected chi connectivity index (χ1v) is 8.85. The minimum absolute atomic E-state index is 0.188. The summed E-state index contributed by atoms with van der Waals surface area (Å²) in [6, 6.07) is 11.5. The molecule has 0 aliphatic heterocycles. The molecule has 1 aromatic carbocycles. The van der Waals surface area contributed by atoms with E-state index in [1.165, 1.54) is 12.5 Å². The van der Waals surface area contributed by atoms with Crippen LogP contribution in [-0.2, 0) is 11.2 Å². The van der Waals surface area contributed by atoms with Crippen LogP contribution in [0.1, 0.15) is 31.4 Å². The van der Waals surface area contributed by atoms with Gasteiger partial charge in [0, 0.05) is 29.9 Å². The number of aliphatic hydroxyl groups is 1. The van der Waals surface area contributed by atoms with Crippen molar-refractivity contribution in [2.24, 2.45) is 0 Å². The lowest BCUT2D eigenvalue weighted by molar-refractivity contribution is -0.445. The molecule has 2 aromatic rings. The molecule has 0 bridgehead atoms. The normalized spacial score (nSPS) is 12.3. The van der Waals surface area contributed by atoms with Crippen molar-refractivity contribution in [2.75, 3.05) is 12.4 Å². The molecular formula is C20H26F3N3O4. The van der Waals surface area contributed by atoms with E-state index in [9.17, 15) is 23.1 Å². The topological polar surface area (TPSA) is 105 Å². The number of benzene rings is 1. The first-order valence-electron chi connectivity index (χ1n) is 8.85. The SMILES string of the molecule is CC(F)(F)F.C[N+](=O)[O-].Cc1ccc(CCC(C)(O)C(=O)Nc2ccncc2)cc1. The molecule has 10 heteroatoms. The van der Waals surface area contributed by atoms with Crippen molar-refractivity contribution in [3.8, 4) is 0 Å². The van der Waals surface area contributed by atoms with Gasteiger partial charge in [-0.3, -0.25) is 19.9 Å². The predicted molar refractivity (Wildman–Crippen MR) is 108 cm³/mol. The minimum Gasteiger partial charge on any atom is -0.380 e. The van der Waals surface area contributed by atoms with E-state index in [0.717, 1.165) is 12.6 Å². The molecule has 1 atom stereocenters. The number of carbonyl (C=O) groups excluding carboxylic acids is 1. The second kappa shape index (κ2) is 12.5. The van der Waals surface area contributed by atoms with E-state index in [1.54, 1.807) is 24.5 Å². The van der Waals surface area contributed by atoms with Crippen molar-refractivity contribution in [1.82, 2.24) is 4.98 Å². The highest BCUT2D eigenvalue weighted by atomic mass is 19.4. The molecule has 0 radical (unpaired) electrons. The summed E-state index contributed by atoms with van der Waals surface area (Å²) in [5.74, 6) is -0.402. The molecule has 1 aromatic heterocycles. The third-order valence-electron chi connectivity index (χ3n) is 3.45. The van der Waals surface area contributed by atoms with Crippen LogP contribution in [0.15, 0.2) is 48.8 Å². The molecule has 1 amide bonds. The number of anilines is 1. The number of aryl methyl sites for hydroxylation is 2. The van der Waals surface area contributed by atoms with Gasteiger partial charge in [0.2, 0.25) is 0 Å². The van der Waals surface area contributed by atoms with Crippen molar-refractivity contribution in [1.29, 1.82) is 0 Å². The van der Waals surface area contributed by atoms with Crippen LogP contribution >= 0.6 is 0 Å². The second-order valence-electron chi connectivity index (χ2n) is 6.67. The van der Waals surface area contributed by atoms with E-state index in [1.807, 2.05) is 31.2 Å². The number of nitrogens with zero attached hydrogens (tertiary/aromatic N) is 2. The van der Waals surface area contributed by atoms with Gasteiger partial charge in [-0.15, -0.1) is 0 Å². The molecule has 0 aliphatic rings. The molecule has 30 heavy (non-hydrogen) atoms. The van der Waals surface area contributed by atoms with Crippen molar-refractivity contribution in [3.63, 3.8) is 0 Å². The quantitative estimate of drug-likeness (QED) is 0.548. The highest BCUT2D eigenvalue weighted by Crippen LogP contribution is 2.17. The lowest BCUT2D eigenvalue weighted by atomic mass is 9.95. The lowest BCUT2D eigenvalue weighted by Gasteiger charge is -2.22. The Bertz CT molecular complexity index is 770. The number of hydrogen-bond donors (Lipinski definition) is 2. The Morgan fingerprint density at radius 3 is 2.00 bits per heavy atom. The fraction of sp³-hybridized carbons (Fsp3) is 0.400. The van der Waals surface area contributed by atoms with Crippen LogP contribution in [0.3, 0.4) is 0 Å². The van der Waals surface area contributed by atoms with Gasteiger partial charge < -0.3 is 10.4 Å². The molecule has 166 valence electrons. The Kier molecular flexibility index (Phi) is 11.3. The highest BCUT2D eigenvalue weighted by molar-refractivity contribution is 5.96. The van der Waals surface area contributed by atoms with Crippen LogP contribution in [0.25, 0.3) is 0 Å². The van der Waals surface area contributed by atoms with E-state index >= 15 is 0 Å². The summed E-state index contributed by atoms with van der Waals surface area (Å²) in [7, 11) is 0.889. The fourth-order valence-corrected chi connectivity index (χ4v) is 1.96. The number of halogens is 3. The Labute approximate surface area is 173 Å². The summed E-state index contributed by atoms with van der Waals surface area (Å²) >= 11 is 0. The summed E-state index contributed by atoms with van der Waals surface area (Å²) < 4.78 is 31.1. The average molecular weight is 429 g/mol. The summed E-state index contributed by atoms with van der Waals surface area (Å²) in [5.41, 5.74) is 1.53. The number of aromatic nitrogens is 1. The summed E-state index contributed by atoms with van der Waals surface area (Å²) in [6.45, 7) is 3.76. The van der Waals surface area contributed by atoms with Gasteiger partial charge >= 0.3 is 6.18 Å². The second-order valence-corrected chi connectivity index (χ2v) is 6.67. The summed E-state index contributed by atoms with van der Waals surface area (Å²) in [5, 5.41) is 21.8. The zero-order valence-electron chi connectivity index (χ0n) is 17.2. The van der Waals surface area contributed by atoms with Crippen LogP contribution in [0, 0.1) is 17.0 Å². The first kappa shape index (κ1) is 27.0. The van der Waals surface area contributed by atoms with Crippen LogP contribution in [0.4, 0.5) is 18.9 Å². The maximum atomic E-state index is 12.1. The zero-order valence-corrected chi connectivity index (χ0v) is 17.2. The third-order valence-corrected chi connectivity index (χ3v) is 3.45. The molecule has 0 aliphatic carbocycles. The van der Waals surface area contributed by atoms with E-state index in [-0.39, 0.29) is 6.92 Å². The molecular weight excluding hydrogens is 403 g/mol. The minimum atomic E-state index is -4.00. The van der Waals surface area contributed by atoms with Gasteiger partial charge in [0.1, 0.15) is 5.60 Å². The molecule has 0 saturated heterocycles. The van der Waals surface area contributed by atoms with E-state index in [0.29, 0.717) is 18.5 Å². The molecule has 2 rings (SSSR count). The van der Waals surface area contributed by atoms with Gasteiger partial charge in [0.15, 0.2) is 7.05 Å². The van der Waals surface area contributed by atoms with Crippen molar-refractivity contribution >= 4 is 11.6 Å². The number of amides is 1. The van der Waals surface area contributed by atoms with Crippen LogP contribution in [0.5, 0.6) is 0 Å². The molecule has 0 fully saturated rings. The Morgan fingerprint density at radius 1 is 1.13 bits per heavy atom. The van der Waals surface area contributed by atoms with Gasteiger partial charge in [-0.25, -0.2) is 0 Å². The lowest BCUT2D eigenvalue weighted by Crippen LogP contribution is -2.40. The fourth-order valence-electron chi connectivity index (χ4n) is 1.96. The number of rotatable bonds is 5. The Balaban J connectivity index is 0.000000789. The molecule has 0 spiro atoms. The zero-order chi connectivity index (χ0) is 23.4. The van der Waals surface area contributed by atoms with E-state index in [2.05, 4.69) is 10.3 Å². The molecule has 7 nitrogen and oxygen atoms in total. The van der Waals surface area contributed by atoms with Gasteiger partial charge in [-0.05, 0) is 44.4 Å². The number of alkyl halides is 3. The molecule has 1 heterocycles. The van der Waals surface area contributed by atoms with E-state index < -0.39 is 22.6 Å². The summed E-state index contributed by atoms with van der Waals surface area (Å²) in [6.07, 6.45) is 0.206. The largest absolute Gasteiger partial charge is 0.386 e. The van der Waals surface area contributed by atoms with Crippen LogP contribution < -0.4 is 5.32 Å². The van der Waals surface area contributed by atoms with Gasteiger partial charge in [-0.2, -0.15) is 13.2 Å². The number of hydrogen-bond acceptors (Lipinski definition) is 5. The van der Waals surface area contributed by atoms with Crippen molar-refractivity contribution in [2.45, 2.75) is 45.4 Å². The number of pyridine rings is 1. The van der Waals surface area contributed by atoms with Crippen LogP contribution in [0.2, 0.25) is 0 Å².